The van der Waals surface area contributed by atoms with Crippen LogP contribution in [0.3, 0.4) is 0 Å². The molecule has 0 radical (unpaired) electrons. The Morgan fingerprint density at radius 2 is 1.56 bits per heavy atom. The van der Waals surface area contributed by atoms with Gasteiger partial charge in [0.2, 0.25) is 0 Å². The van der Waals surface area contributed by atoms with Crippen molar-refractivity contribution >= 4 is 17.9 Å². The van der Waals surface area contributed by atoms with Gasteiger partial charge in [-0.15, -0.1) is 4.91 Å². The predicted octanol–water partition coefficient (Wildman–Crippen LogP) is -1.47. The third kappa shape index (κ3) is 7.98. The number of aliphatic carboxylic acids is 3. The first-order valence-corrected chi connectivity index (χ1v) is 4.37. The monoisotopic (exact) mass is 267 g/mol. The largest absolute Gasteiger partial charge is 0.480 e. The molecule has 0 atom stereocenters. The zero-order chi connectivity index (χ0) is 17.7. The van der Waals surface area contributed by atoms with Gasteiger partial charge in [-0.3, -0.25) is 19.3 Å². The van der Waals surface area contributed by atoms with Crippen LogP contribution in [0.25, 0.3) is 0 Å². The van der Waals surface area contributed by atoms with Crippen LogP contribution in [0.4, 0.5) is 0 Å². The van der Waals surface area contributed by atoms with E-state index in [0.717, 1.165) is 0 Å². The molecule has 0 aliphatic rings. The van der Waals surface area contributed by atoms with E-state index in [0.29, 0.717) is 4.90 Å². The highest BCUT2D eigenvalue weighted by molar-refractivity contribution is 5.72. The average molecular weight is 267 g/mol. The van der Waals surface area contributed by atoms with Crippen LogP contribution in [-0.4, -0.2) is 75.8 Å². The molecule has 0 rings (SSSR count). The van der Waals surface area contributed by atoms with Gasteiger partial charge >= 0.3 is 17.9 Å². The van der Waals surface area contributed by atoms with Crippen LogP contribution in [0, 0.1) is 4.91 Å². The summed E-state index contributed by atoms with van der Waals surface area (Å²) >= 11 is 0. The molecule has 0 aromatic rings. The number of carbonyl (C=O) groups is 3. The van der Waals surface area contributed by atoms with Gasteiger partial charge in [0.05, 0.1) is 30.4 Å². The zero-order valence-corrected chi connectivity index (χ0v) is 8.94. The number of carboxylic acid groups (broad SMARTS) is 3. The molecule has 0 fully saturated rings. The second-order valence-corrected chi connectivity index (χ2v) is 2.90. The maximum Gasteiger partial charge on any atom is 0.325 e. The van der Waals surface area contributed by atoms with Gasteiger partial charge < -0.3 is 15.3 Å². The fourth-order valence-electron chi connectivity index (χ4n) is 0.897. The normalized spacial score (nSPS) is 14.9. The van der Waals surface area contributed by atoms with Crippen LogP contribution < -0.4 is 0 Å². The van der Waals surface area contributed by atoms with Crippen LogP contribution in [0.5, 0.6) is 0 Å². The minimum Gasteiger partial charge on any atom is -0.480 e. The first-order chi connectivity index (χ1) is 9.84. The molecule has 0 aliphatic heterocycles. The third-order valence-corrected chi connectivity index (χ3v) is 1.45. The number of carboxylic acids is 3. The molecular weight excluding hydrogens is 250 g/mol. The summed E-state index contributed by atoms with van der Waals surface area (Å²) in [6.07, 6.45) is 0. The second-order valence-electron chi connectivity index (χ2n) is 2.90. The van der Waals surface area contributed by atoms with Crippen molar-refractivity contribution < 1.29 is 35.2 Å². The fraction of sp³-hybridized carbons (Fsp3) is 0.625. The van der Waals surface area contributed by atoms with E-state index in [1.54, 1.807) is 0 Å². The van der Waals surface area contributed by atoms with Crippen molar-refractivity contribution in [3.63, 3.8) is 0 Å². The van der Waals surface area contributed by atoms with Crippen molar-refractivity contribution in [2.24, 2.45) is 5.29 Å². The highest BCUT2D eigenvalue weighted by Crippen LogP contribution is 1.94. The SMILES string of the molecule is [2H]C([2H])(CN(CC(=O)O)CC(=O)O)N(N=O)C([2H])([2H])C(=O)O. The van der Waals surface area contributed by atoms with Gasteiger partial charge in [0.15, 0.2) is 0 Å². The lowest BCUT2D eigenvalue weighted by molar-refractivity contribution is -0.143. The molecule has 0 heterocycles. The summed E-state index contributed by atoms with van der Waals surface area (Å²) < 4.78 is 29.3. The summed E-state index contributed by atoms with van der Waals surface area (Å²) in [5, 5.41) is 27.3. The Kier molecular flexibility index (Phi) is 4.31. The molecule has 0 aromatic carbocycles. The van der Waals surface area contributed by atoms with Gasteiger partial charge in [0.25, 0.3) is 0 Å². The quantitative estimate of drug-likeness (QED) is 0.318. The molecule has 0 saturated heterocycles. The standard InChI is InChI=1S/C8H13N3O7/c12-6(13)3-10(4-7(14)15)1-2-11(9-18)5-8(16)17/h1-5H2,(H,12,13)(H,14,15)(H,16,17)/i2D2,5D2. The van der Waals surface area contributed by atoms with Gasteiger partial charge in [-0.05, 0) is 0 Å². The molecule has 0 aromatic heterocycles. The second kappa shape index (κ2) is 7.95. The summed E-state index contributed by atoms with van der Waals surface area (Å²) in [5.41, 5.74) is 0. The Morgan fingerprint density at radius 3 is 1.89 bits per heavy atom. The van der Waals surface area contributed by atoms with E-state index in [1.807, 2.05) is 5.29 Å². The molecule has 0 amide bonds. The van der Waals surface area contributed by atoms with Crippen molar-refractivity contribution in [2.45, 2.75) is 0 Å². The molecule has 0 aliphatic carbocycles. The van der Waals surface area contributed by atoms with E-state index >= 15 is 0 Å². The lowest BCUT2D eigenvalue weighted by Crippen LogP contribution is -2.40. The van der Waals surface area contributed by atoms with Gasteiger partial charge in [-0.2, -0.15) is 0 Å². The van der Waals surface area contributed by atoms with Crippen LogP contribution in [-0.2, 0) is 14.4 Å². The Morgan fingerprint density at radius 1 is 1.06 bits per heavy atom. The van der Waals surface area contributed by atoms with Gasteiger partial charge in [0.1, 0.15) is 6.50 Å². The van der Waals surface area contributed by atoms with Crippen LogP contribution in [0.15, 0.2) is 5.29 Å². The van der Waals surface area contributed by atoms with E-state index < -0.39 is 55.5 Å². The fourth-order valence-corrected chi connectivity index (χ4v) is 0.897. The Bertz CT molecular complexity index is 457. The molecule has 10 heteroatoms. The maximum absolute atomic E-state index is 10.7. The summed E-state index contributed by atoms with van der Waals surface area (Å²) in [5.74, 6) is -5.19. The number of nitroso groups, excluding NO2 is 1. The van der Waals surface area contributed by atoms with Crippen molar-refractivity contribution in [1.29, 1.82) is 0 Å². The van der Waals surface area contributed by atoms with E-state index in [9.17, 15) is 19.3 Å². The van der Waals surface area contributed by atoms with Crippen molar-refractivity contribution in [2.75, 3.05) is 32.6 Å². The molecule has 18 heavy (non-hydrogen) atoms. The summed E-state index contributed by atoms with van der Waals surface area (Å²) in [4.78, 5) is 43.1. The Hall–Kier alpha value is -2.23. The third-order valence-electron chi connectivity index (χ3n) is 1.45. The topological polar surface area (TPSA) is 148 Å². The zero-order valence-electron chi connectivity index (χ0n) is 12.9. The van der Waals surface area contributed by atoms with Crippen molar-refractivity contribution in [3.05, 3.63) is 4.91 Å². The summed E-state index contributed by atoms with van der Waals surface area (Å²) in [6, 6.07) is 0. The van der Waals surface area contributed by atoms with E-state index in [4.69, 9.17) is 20.8 Å². The molecule has 3 N–H and O–H groups in total. The van der Waals surface area contributed by atoms with Gasteiger partial charge in [-0.25, -0.2) is 5.01 Å². The van der Waals surface area contributed by atoms with E-state index in [1.165, 1.54) is 0 Å². The molecular formula is C8H13N3O7. The minimum atomic E-state index is -3.51. The molecule has 0 saturated carbocycles. The lowest BCUT2D eigenvalue weighted by atomic mass is 10.4. The maximum atomic E-state index is 10.7. The van der Waals surface area contributed by atoms with E-state index in [-0.39, 0.29) is 0 Å². The number of hydrogen-bond donors (Lipinski definition) is 3. The molecule has 0 bridgehead atoms. The molecule has 0 spiro atoms. The predicted molar refractivity (Wildman–Crippen MR) is 56.7 cm³/mol. The lowest BCUT2D eigenvalue weighted by Gasteiger charge is -2.20. The average Bonchev–Trinajstić information content (AvgIpc) is 2.25. The van der Waals surface area contributed by atoms with Gasteiger partial charge in [-0.1, -0.05) is 0 Å². The highest BCUT2D eigenvalue weighted by atomic mass is 16.4. The number of nitrogens with zero attached hydrogens (tertiary/aromatic N) is 3. The van der Waals surface area contributed by atoms with E-state index in [2.05, 4.69) is 0 Å². The van der Waals surface area contributed by atoms with Gasteiger partial charge in [0, 0.05) is 6.54 Å². The Labute approximate surface area is 107 Å². The Balaban J connectivity index is 5.38. The van der Waals surface area contributed by atoms with Crippen molar-refractivity contribution in [3.8, 4) is 0 Å². The smallest absolute Gasteiger partial charge is 0.325 e. The first-order valence-electron chi connectivity index (χ1n) is 6.37. The number of rotatable bonds is 10. The van der Waals surface area contributed by atoms with Crippen molar-refractivity contribution in [1.82, 2.24) is 9.91 Å². The first kappa shape index (κ1) is 9.76. The highest BCUT2D eigenvalue weighted by Gasteiger charge is 2.16. The summed E-state index contributed by atoms with van der Waals surface area (Å²) in [6.45, 7) is -9.51. The molecule has 102 valence electrons. The minimum absolute atomic E-state index is 0.542. The van der Waals surface area contributed by atoms with Crippen LogP contribution in [0.1, 0.15) is 5.48 Å². The van der Waals surface area contributed by atoms with Crippen LogP contribution >= 0.6 is 0 Å². The molecule has 0 unspecified atom stereocenters. The summed E-state index contributed by atoms with van der Waals surface area (Å²) in [7, 11) is 0. The van der Waals surface area contributed by atoms with Crippen LogP contribution in [0.2, 0.25) is 0 Å². The molecule has 10 nitrogen and oxygen atoms in total. The number of hydrogen-bond acceptors (Lipinski definition) is 6.